The van der Waals surface area contributed by atoms with Gasteiger partial charge in [0.15, 0.2) is 0 Å². The smallest absolute Gasteiger partial charge is 0.245 e. The van der Waals surface area contributed by atoms with Gasteiger partial charge < -0.3 is 20.5 Å². The average molecular weight is 230 g/mol. The van der Waals surface area contributed by atoms with E-state index in [0.29, 0.717) is 25.8 Å². The Kier molecular flexibility index (Phi) is 7.12. The Morgan fingerprint density at radius 2 is 2.38 bits per heavy atom. The second kappa shape index (κ2) is 8.50. The number of carbonyl (C=O) groups is 1. The highest BCUT2D eigenvalue weighted by Crippen LogP contribution is 2.14. The quantitative estimate of drug-likeness (QED) is 0.605. The molecule has 5 heteroatoms. The Hall–Kier alpha value is -0.650. The third-order valence-corrected chi connectivity index (χ3v) is 2.56. The Morgan fingerprint density at radius 1 is 1.50 bits per heavy atom. The highest BCUT2D eigenvalue weighted by atomic mass is 16.5. The van der Waals surface area contributed by atoms with Crippen LogP contribution in [0, 0.1) is 0 Å². The van der Waals surface area contributed by atoms with Crippen LogP contribution in [0.1, 0.15) is 25.7 Å². The molecule has 1 fully saturated rings. The lowest BCUT2D eigenvalue weighted by molar-refractivity contribution is -0.125. The van der Waals surface area contributed by atoms with Crippen LogP contribution in [0.4, 0.5) is 0 Å². The summed E-state index contributed by atoms with van der Waals surface area (Å²) in [6.45, 7) is 2.50. The molecule has 1 heterocycles. The maximum absolute atomic E-state index is 11.2. The van der Waals surface area contributed by atoms with Crippen molar-refractivity contribution in [2.24, 2.45) is 5.73 Å². The van der Waals surface area contributed by atoms with Crippen molar-refractivity contribution in [3.05, 3.63) is 0 Å². The molecule has 0 saturated carbocycles. The molecule has 0 aliphatic carbocycles. The Balaban J connectivity index is 1.94. The van der Waals surface area contributed by atoms with E-state index in [1.165, 1.54) is 6.42 Å². The fourth-order valence-electron chi connectivity index (χ4n) is 1.71. The molecule has 1 atom stereocenters. The summed E-state index contributed by atoms with van der Waals surface area (Å²) in [4.78, 5) is 11.2. The van der Waals surface area contributed by atoms with Crippen LogP contribution >= 0.6 is 0 Å². The van der Waals surface area contributed by atoms with E-state index in [1.807, 2.05) is 0 Å². The van der Waals surface area contributed by atoms with Gasteiger partial charge in [-0.1, -0.05) is 0 Å². The number of ether oxygens (including phenoxy) is 2. The summed E-state index contributed by atoms with van der Waals surface area (Å²) >= 11 is 0. The predicted molar refractivity (Wildman–Crippen MR) is 61.1 cm³/mol. The molecule has 0 aromatic carbocycles. The van der Waals surface area contributed by atoms with Crippen LogP contribution in [0.25, 0.3) is 0 Å². The first-order valence-electron chi connectivity index (χ1n) is 5.99. The highest BCUT2D eigenvalue weighted by molar-refractivity contribution is 5.77. The molecule has 94 valence electrons. The van der Waals surface area contributed by atoms with Gasteiger partial charge in [0.1, 0.15) is 6.61 Å². The van der Waals surface area contributed by atoms with Gasteiger partial charge in [0, 0.05) is 19.7 Å². The number of hydrogen-bond acceptors (Lipinski definition) is 4. The van der Waals surface area contributed by atoms with E-state index in [4.69, 9.17) is 15.2 Å². The van der Waals surface area contributed by atoms with E-state index in [1.54, 1.807) is 0 Å². The number of amides is 1. The van der Waals surface area contributed by atoms with Crippen molar-refractivity contribution >= 4 is 5.91 Å². The maximum Gasteiger partial charge on any atom is 0.245 e. The van der Waals surface area contributed by atoms with Crippen LogP contribution in [0.2, 0.25) is 0 Å². The number of rotatable bonds is 7. The topological polar surface area (TPSA) is 73.6 Å². The van der Waals surface area contributed by atoms with E-state index >= 15 is 0 Å². The standard InChI is InChI=1S/C11H22N2O3/c12-5-8-15-9-11(14)13-6-4-10-3-1-2-7-16-10/h10H,1-9,12H2,(H,13,14). The molecular formula is C11H22N2O3. The fourth-order valence-corrected chi connectivity index (χ4v) is 1.71. The Morgan fingerprint density at radius 3 is 3.06 bits per heavy atom. The number of nitrogens with one attached hydrogen (secondary N) is 1. The Bertz CT molecular complexity index is 194. The fraction of sp³-hybridized carbons (Fsp3) is 0.909. The van der Waals surface area contributed by atoms with E-state index < -0.39 is 0 Å². The van der Waals surface area contributed by atoms with Crippen LogP contribution in [-0.4, -0.2) is 44.9 Å². The lowest BCUT2D eigenvalue weighted by Crippen LogP contribution is -2.32. The Labute approximate surface area is 96.7 Å². The molecule has 1 amide bonds. The summed E-state index contributed by atoms with van der Waals surface area (Å²) in [6.07, 6.45) is 4.72. The SMILES string of the molecule is NCCOCC(=O)NCCC1CCCCO1. The van der Waals surface area contributed by atoms with Gasteiger partial charge in [-0.05, 0) is 25.7 Å². The highest BCUT2D eigenvalue weighted by Gasteiger charge is 2.13. The van der Waals surface area contributed by atoms with Crippen LogP contribution in [-0.2, 0) is 14.3 Å². The monoisotopic (exact) mass is 230 g/mol. The van der Waals surface area contributed by atoms with Crippen molar-refractivity contribution in [2.45, 2.75) is 31.8 Å². The molecule has 1 aliphatic rings. The van der Waals surface area contributed by atoms with Crippen molar-refractivity contribution in [3.8, 4) is 0 Å². The second-order valence-electron chi connectivity index (χ2n) is 3.97. The first-order valence-corrected chi connectivity index (χ1v) is 5.99. The molecule has 1 saturated heterocycles. The van der Waals surface area contributed by atoms with Gasteiger partial charge in [0.05, 0.1) is 12.7 Å². The summed E-state index contributed by atoms with van der Waals surface area (Å²) < 4.78 is 10.6. The molecule has 1 aliphatic heterocycles. The van der Waals surface area contributed by atoms with Gasteiger partial charge in [0.25, 0.3) is 0 Å². The van der Waals surface area contributed by atoms with Crippen molar-refractivity contribution in [2.75, 3.05) is 32.9 Å². The first kappa shape index (κ1) is 13.4. The summed E-state index contributed by atoms with van der Waals surface area (Å²) in [5.74, 6) is -0.0794. The van der Waals surface area contributed by atoms with Gasteiger partial charge in [-0.3, -0.25) is 4.79 Å². The molecule has 1 rings (SSSR count). The van der Waals surface area contributed by atoms with E-state index in [-0.39, 0.29) is 12.5 Å². The number of nitrogens with two attached hydrogens (primary N) is 1. The molecule has 0 spiro atoms. The van der Waals surface area contributed by atoms with Crippen molar-refractivity contribution in [3.63, 3.8) is 0 Å². The molecule has 0 aromatic rings. The minimum absolute atomic E-state index is 0.0794. The summed E-state index contributed by atoms with van der Waals surface area (Å²) in [5.41, 5.74) is 5.24. The zero-order valence-electron chi connectivity index (χ0n) is 9.74. The van der Waals surface area contributed by atoms with Crippen LogP contribution < -0.4 is 11.1 Å². The third kappa shape index (κ3) is 6.05. The lowest BCUT2D eigenvalue weighted by Gasteiger charge is -2.22. The largest absolute Gasteiger partial charge is 0.378 e. The van der Waals surface area contributed by atoms with Gasteiger partial charge in [0.2, 0.25) is 5.91 Å². The zero-order valence-corrected chi connectivity index (χ0v) is 9.74. The summed E-state index contributed by atoms with van der Waals surface area (Å²) in [6, 6.07) is 0. The molecule has 16 heavy (non-hydrogen) atoms. The lowest BCUT2D eigenvalue weighted by atomic mass is 10.1. The van der Waals surface area contributed by atoms with Gasteiger partial charge in [-0.25, -0.2) is 0 Å². The first-order chi connectivity index (χ1) is 7.83. The molecule has 1 unspecified atom stereocenters. The number of hydrogen-bond donors (Lipinski definition) is 2. The van der Waals surface area contributed by atoms with E-state index in [0.717, 1.165) is 25.9 Å². The van der Waals surface area contributed by atoms with Crippen LogP contribution in [0.15, 0.2) is 0 Å². The average Bonchev–Trinajstić information content (AvgIpc) is 2.31. The molecule has 0 radical (unpaired) electrons. The van der Waals surface area contributed by atoms with Crippen molar-refractivity contribution < 1.29 is 14.3 Å². The maximum atomic E-state index is 11.2. The minimum atomic E-state index is -0.0794. The molecule has 3 N–H and O–H groups in total. The zero-order chi connectivity index (χ0) is 11.6. The van der Waals surface area contributed by atoms with Crippen molar-refractivity contribution in [1.29, 1.82) is 0 Å². The van der Waals surface area contributed by atoms with Crippen LogP contribution in [0.5, 0.6) is 0 Å². The summed E-state index contributed by atoms with van der Waals surface area (Å²) in [5, 5.41) is 2.80. The normalized spacial score (nSPS) is 20.7. The predicted octanol–water partition coefficient (Wildman–Crippen LogP) is 0.0371. The van der Waals surface area contributed by atoms with Gasteiger partial charge >= 0.3 is 0 Å². The molecular weight excluding hydrogens is 208 g/mol. The molecule has 5 nitrogen and oxygen atoms in total. The van der Waals surface area contributed by atoms with Crippen LogP contribution in [0.3, 0.4) is 0 Å². The van der Waals surface area contributed by atoms with Gasteiger partial charge in [-0.15, -0.1) is 0 Å². The summed E-state index contributed by atoms with van der Waals surface area (Å²) in [7, 11) is 0. The second-order valence-corrected chi connectivity index (χ2v) is 3.97. The van der Waals surface area contributed by atoms with Crippen molar-refractivity contribution in [1.82, 2.24) is 5.32 Å². The van der Waals surface area contributed by atoms with Gasteiger partial charge in [-0.2, -0.15) is 0 Å². The minimum Gasteiger partial charge on any atom is -0.378 e. The number of carbonyl (C=O) groups excluding carboxylic acids is 1. The van der Waals surface area contributed by atoms with E-state index in [2.05, 4.69) is 5.32 Å². The molecule has 0 aromatic heterocycles. The third-order valence-electron chi connectivity index (χ3n) is 2.56. The van der Waals surface area contributed by atoms with E-state index in [9.17, 15) is 4.79 Å². The molecule has 0 bridgehead atoms.